The van der Waals surface area contributed by atoms with E-state index in [2.05, 4.69) is 5.32 Å². The molecular formula is C14H20N2O3. The molecule has 0 spiro atoms. The highest BCUT2D eigenvalue weighted by molar-refractivity contribution is 5.89. The number of likely N-dealkylation sites (tertiary alicyclic amines) is 1. The molecule has 5 nitrogen and oxygen atoms in total. The van der Waals surface area contributed by atoms with Gasteiger partial charge in [0.05, 0.1) is 12.2 Å². The van der Waals surface area contributed by atoms with Crippen LogP contribution in [0.4, 0.5) is 0 Å². The third kappa shape index (κ3) is 3.59. The van der Waals surface area contributed by atoms with Crippen LogP contribution in [-0.4, -0.2) is 36.3 Å². The lowest BCUT2D eigenvalue weighted by Crippen LogP contribution is -2.33. The van der Waals surface area contributed by atoms with Gasteiger partial charge in [-0.3, -0.25) is 9.59 Å². The molecule has 1 fully saturated rings. The smallest absolute Gasteiger partial charge is 0.225 e. The lowest BCUT2D eigenvalue weighted by Gasteiger charge is -2.13. The van der Waals surface area contributed by atoms with Crippen molar-refractivity contribution in [2.24, 2.45) is 5.92 Å². The van der Waals surface area contributed by atoms with Gasteiger partial charge >= 0.3 is 0 Å². The summed E-state index contributed by atoms with van der Waals surface area (Å²) in [6.07, 6.45) is 3.66. The second kappa shape index (κ2) is 6.41. The molecule has 1 aromatic rings. The maximum absolute atomic E-state index is 11.9. The first-order valence-corrected chi connectivity index (χ1v) is 6.78. The molecule has 0 aromatic carbocycles. The highest BCUT2D eigenvalue weighted by atomic mass is 16.3. The van der Waals surface area contributed by atoms with Crippen molar-refractivity contribution >= 4 is 11.8 Å². The van der Waals surface area contributed by atoms with Crippen LogP contribution in [0, 0.1) is 5.92 Å². The summed E-state index contributed by atoms with van der Waals surface area (Å²) in [7, 11) is 0. The van der Waals surface area contributed by atoms with Crippen LogP contribution in [-0.2, 0) is 16.0 Å². The minimum atomic E-state index is -0.184. The van der Waals surface area contributed by atoms with Gasteiger partial charge in [0.1, 0.15) is 5.76 Å². The molecule has 0 radical (unpaired) electrons. The number of carbonyl (C=O) groups is 2. The van der Waals surface area contributed by atoms with Gasteiger partial charge in [-0.05, 0) is 25.5 Å². The molecule has 1 atom stereocenters. The van der Waals surface area contributed by atoms with E-state index >= 15 is 0 Å². The summed E-state index contributed by atoms with van der Waals surface area (Å²) in [6, 6.07) is 3.79. The Bertz CT molecular complexity index is 428. The fourth-order valence-corrected chi connectivity index (χ4v) is 2.33. The highest BCUT2D eigenvalue weighted by Gasteiger charge is 2.32. The van der Waals surface area contributed by atoms with E-state index in [4.69, 9.17) is 4.42 Å². The third-order valence-electron chi connectivity index (χ3n) is 3.45. The molecule has 2 heterocycles. The first-order chi connectivity index (χ1) is 9.20. The Kier molecular flexibility index (Phi) is 4.60. The van der Waals surface area contributed by atoms with E-state index in [1.165, 1.54) is 0 Å². The van der Waals surface area contributed by atoms with Crippen molar-refractivity contribution < 1.29 is 14.0 Å². The van der Waals surface area contributed by atoms with E-state index < -0.39 is 0 Å². The van der Waals surface area contributed by atoms with E-state index in [1.54, 1.807) is 11.2 Å². The van der Waals surface area contributed by atoms with Gasteiger partial charge in [-0.15, -0.1) is 0 Å². The van der Waals surface area contributed by atoms with Crippen LogP contribution in [0.15, 0.2) is 22.8 Å². The molecule has 0 saturated carbocycles. The number of furan rings is 1. The molecule has 0 bridgehead atoms. The van der Waals surface area contributed by atoms with Gasteiger partial charge in [0.2, 0.25) is 11.8 Å². The summed E-state index contributed by atoms with van der Waals surface area (Å²) in [5.74, 6) is 0.820. The standard InChI is InChI=1S/C14H20N2O3/c1-2-16-10-11(9-13(16)17)14(18)15-7-3-5-12-6-4-8-19-12/h4,6,8,11H,2-3,5,7,9-10H2,1H3,(H,15,18)/t11-/m1/s1. The van der Waals surface area contributed by atoms with Gasteiger partial charge in [0.25, 0.3) is 0 Å². The topological polar surface area (TPSA) is 62.6 Å². The third-order valence-corrected chi connectivity index (χ3v) is 3.45. The van der Waals surface area contributed by atoms with Crippen molar-refractivity contribution in [2.45, 2.75) is 26.2 Å². The summed E-state index contributed by atoms with van der Waals surface area (Å²) < 4.78 is 5.22. The largest absolute Gasteiger partial charge is 0.469 e. The summed E-state index contributed by atoms with van der Waals surface area (Å²) in [6.45, 7) is 3.79. The molecule has 1 aliphatic heterocycles. The zero-order chi connectivity index (χ0) is 13.7. The van der Waals surface area contributed by atoms with Crippen molar-refractivity contribution in [2.75, 3.05) is 19.6 Å². The second-order valence-corrected chi connectivity index (χ2v) is 4.81. The Labute approximate surface area is 113 Å². The maximum Gasteiger partial charge on any atom is 0.225 e. The fraction of sp³-hybridized carbons (Fsp3) is 0.571. The zero-order valence-corrected chi connectivity index (χ0v) is 11.2. The number of nitrogens with one attached hydrogen (secondary N) is 1. The van der Waals surface area contributed by atoms with E-state index in [1.807, 2.05) is 19.1 Å². The SMILES string of the molecule is CCN1C[C@H](C(=O)NCCCc2ccco2)CC1=O. The normalized spacial score (nSPS) is 18.9. The molecule has 1 saturated heterocycles. The lowest BCUT2D eigenvalue weighted by molar-refractivity contribution is -0.128. The minimum Gasteiger partial charge on any atom is -0.469 e. The van der Waals surface area contributed by atoms with Crippen molar-refractivity contribution in [1.29, 1.82) is 0 Å². The first-order valence-electron chi connectivity index (χ1n) is 6.78. The van der Waals surface area contributed by atoms with Gasteiger partial charge in [-0.25, -0.2) is 0 Å². The number of aryl methyl sites for hydroxylation is 1. The van der Waals surface area contributed by atoms with Crippen molar-refractivity contribution in [3.05, 3.63) is 24.2 Å². The molecular weight excluding hydrogens is 244 g/mol. The zero-order valence-electron chi connectivity index (χ0n) is 11.2. The molecule has 0 unspecified atom stereocenters. The van der Waals surface area contributed by atoms with E-state index in [-0.39, 0.29) is 17.7 Å². The summed E-state index contributed by atoms with van der Waals surface area (Å²) in [5, 5.41) is 2.89. The molecule has 1 N–H and O–H groups in total. The van der Waals surface area contributed by atoms with Gasteiger partial charge in [-0.2, -0.15) is 0 Å². The maximum atomic E-state index is 11.9. The van der Waals surface area contributed by atoms with Crippen LogP contribution >= 0.6 is 0 Å². The van der Waals surface area contributed by atoms with Gasteiger partial charge in [0.15, 0.2) is 0 Å². The number of carbonyl (C=O) groups excluding carboxylic acids is 2. The quantitative estimate of drug-likeness (QED) is 0.785. The van der Waals surface area contributed by atoms with Gasteiger partial charge in [0, 0.05) is 32.5 Å². The van der Waals surface area contributed by atoms with E-state index in [9.17, 15) is 9.59 Å². The summed E-state index contributed by atoms with van der Waals surface area (Å²) in [4.78, 5) is 25.2. The number of hydrogen-bond donors (Lipinski definition) is 1. The Morgan fingerprint density at radius 3 is 3.05 bits per heavy atom. The van der Waals surface area contributed by atoms with Gasteiger partial charge < -0.3 is 14.6 Å². The number of rotatable bonds is 6. The molecule has 1 aromatic heterocycles. The van der Waals surface area contributed by atoms with Gasteiger partial charge in [-0.1, -0.05) is 0 Å². The molecule has 2 amide bonds. The van der Waals surface area contributed by atoms with Crippen molar-refractivity contribution in [3.8, 4) is 0 Å². The molecule has 5 heteroatoms. The number of nitrogens with zero attached hydrogens (tertiary/aromatic N) is 1. The van der Waals surface area contributed by atoms with E-state index in [0.29, 0.717) is 26.1 Å². The molecule has 1 aliphatic rings. The minimum absolute atomic E-state index is 0.0104. The second-order valence-electron chi connectivity index (χ2n) is 4.81. The molecule has 2 rings (SSSR count). The van der Waals surface area contributed by atoms with Crippen molar-refractivity contribution in [1.82, 2.24) is 10.2 Å². The monoisotopic (exact) mass is 264 g/mol. The predicted octanol–water partition coefficient (Wildman–Crippen LogP) is 1.20. The predicted molar refractivity (Wildman–Crippen MR) is 70.4 cm³/mol. The van der Waals surface area contributed by atoms with Crippen LogP contribution in [0.25, 0.3) is 0 Å². The Hall–Kier alpha value is -1.78. The fourth-order valence-electron chi connectivity index (χ4n) is 2.33. The first kappa shape index (κ1) is 13.6. The average Bonchev–Trinajstić information content (AvgIpc) is 3.03. The van der Waals surface area contributed by atoms with Crippen LogP contribution in [0.3, 0.4) is 0 Å². The Morgan fingerprint density at radius 1 is 1.58 bits per heavy atom. The number of amides is 2. The van der Waals surface area contributed by atoms with Crippen molar-refractivity contribution in [3.63, 3.8) is 0 Å². The number of hydrogen-bond acceptors (Lipinski definition) is 3. The highest BCUT2D eigenvalue weighted by Crippen LogP contribution is 2.17. The summed E-state index contributed by atoms with van der Waals surface area (Å²) in [5.41, 5.74) is 0. The van der Waals surface area contributed by atoms with E-state index in [0.717, 1.165) is 18.6 Å². The summed E-state index contributed by atoms with van der Waals surface area (Å²) >= 11 is 0. The average molecular weight is 264 g/mol. The van der Waals surface area contributed by atoms with Crippen LogP contribution in [0.1, 0.15) is 25.5 Å². The van der Waals surface area contributed by atoms with Crippen LogP contribution in [0.5, 0.6) is 0 Å². The van der Waals surface area contributed by atoms with Crippen LogP contribution < -0.4 is 5.32 Å². The molecule has 19 heavy (non-hydrogen) atoms. The molecule has 104 valence electrons. The molecule has 0 aliphatic carbocycles. The Morgan fingerprint density at radius 2 is 2.42 bits per heavy atom. The van der Waals surface area contributed by atoms with Crippen LogP contribution in [0.2, 0.25) is 0 Å². The Balaban J connectivity index is 1.66. The lowest BCUT2D eigenvalue weighted by atomic mass is 10.1.